The van der Waals surface area contributed by atoms with E-state index in [0.29, 0.717) is 18.4 Å². The number of hydrogen-bond acceptors (Lipinski definition) is 16. The molecule has 72 heavy (non-hydrogen) atoms. The quantitative estimate of drug-likeness (QED) is 0.0456. The molecule has 11 atom stereocenters. The molecule has 406 valence electrons. The molecule has 1 aliphatic heterocycles. The van der Waals surface area contributed by atoms with Crippen molar-refractivity contribution in [3.63, 3.8) is 0 Å². The number of aliphatic hydroxyl groups is 3. The van der Waals surface area contributed by atoms with Gasteiger partial charge in [0.15, 0.2) is 0 Å². The van der Waals surface area contributed by atoms with Crippen LogP contribution in [0.1, 0.15) is 103 Å². The molecular weight excluding hydrogens is 939 g/mol. The fraction of sp³-hybridized carbons (Fsp3) is 0.681. The summed E-state index contributed by atoms with van der Waals surface area (Å²) >= 11 is 0. The molecule has 9 amide bonds. The van der Waals surface area contributed by atoms with Crippen LogP contribution in [0.4, 0.5) is 0 Å². The van der Waals surface area contributed by atoms with E-state index in [1.54, 1.807) is 30.3 Å². The Bertz CT molecular complexity index is 1900. The molecule has 0 aliphatic carbocycles. The van der Waals surface area contributed by atoms with E-state index in [9.17, 15) is 58.5 Å². The summed E-state index contributed by atoms with van der Waals surface area (Å²) in [5, 5.41) is 54.5. The lowest BCUT2D eigenvalue weighted by Gasteiger charge is -2.28. The van der Waals surface area contributed by atoms with Gasteiger partial charge in [-0.3, -0.25) is 43.2 Å². The zero-order valence-electron chi connectivity index (χ0n) is 41.8. The van der Waals surface area contributed by atoms with Crippen LogP contribution >= 0.6 is 0 Å². The third-order valence-corrected chi connectivity index (χ3v) is 11.8. The second-order valence-corrected chi connectivity index (χ2v) is 18.0. The van der Waals surface area contributed by atoms with Crippen molar-refractivity contribution in [1.29, 1.82) is 0 Å². The summed E-state index contributed by atoms with van der Waals surface area (Å²) in [4.78, 5) is 124. The minimum Gasteiger partial charge on any atom is -0.393 e. The maximum atomic E-state index is 14.3. The molecule has 0 saturated carbocycles. The summed E-state index contributed by atoms with van der Waals surface area (Å²) in [5.41, 5.74) is 23.8. The monoisotopic (exact) mass is 1020 g/mol. The summed E-state index contributed by atoms with van der Waals surface area (Å²) < 4.78 is 0. The Morgan fingerprint density at radius 3 is 1.62 bits per heavy atom. The Labute approximate surface area is 421 Å². The molecule has 0 radical (unpaired) electrons. The highest BCUT2D eigenvalue weighted by Crippen LogP contribution is 2.11. The van der Waals surface area contributed by atoms with Gasteiger partial charge in [0, 0.05) is 13.0 Å². The number of hydrogen-bond donors (Lipinski definition) is 16. The van der Waals surface area contributed by atoms with Crippen molar-refractivity contribution in [3.05, 3.63) is 35.9 Å². The van der Waals surface area contributed by atoms with Crippen molar-refractivity contribution in [2.24, 2.45) is 22.9 Å². The lowest BCUT2D eigenvalue weighted by atomic mass is 10.0. The first-order valence-electron chi connectivity index (χ1n) is 24.9. The van der Waals surface area contributed by atoms with Crippen LogP contribution < -0.4 is 70.8 Å². The molecule has 1 aliphatic rings. The standard InChI is InChI=1S/C47H81N13O12/c1-4-5-6-7-11-14-30(63)26-37(64)53-31(15-20-48)40(65)56-35-19-24-52-46(71)38(27(2)61)59-44(69)34(18-23-51)55-41(66)33(17-22-50)57-47(72)39(28(3)62)60-45(70)36(25-29-12-9-8-10-13-29)58-42(67)32(16-21-49)54-43(35)68/h8-10,12-13,27-28,30-36,38-39,61-63H,4-7,11,14-26,48-51H2,1-3H3,(H,52,71)(H,53,64)(H,54,68)(H,55,66)(H,56,65)(H,57,72)(H,58,67)(H,59,69)(H,60,70)/t27-,28-,30-,31+,32+,33+,34+,35+,36+,38+,39+/m1/s1. The Kier molecular flexibility index (Phi) is 29.2. The number of carbonyl (C=O) groups is 9. The molecule has 25 heteroatoms. The zero-order chi connectivity index (χ0) is 53.8. The van der Waals surface area contributed by atoms with Gasteiger partial charge in [-0.05, 0) is 84.1 Å². The number of unbranched alkanes of at least 4 members (excludes halogenated alkanes) is 4. The van der Waals surface area contributed by atoms with Gasteiger partial charge in [-0.1, -0.05) is 69.4 Å². The molecule has 1 aromatic rings. The smallest absolute Gasteiger partial charge is 0.245 e. The zero-order valence-corrected chi connectivity index (χ0v) is 41.8. The van der Waals surface area contributed by atoms with Gasteiger partial charge in [-0.2, -0.15) is 0 Å². The maximum absolute atomic E-state index is 14.3. The van der Waals surface area contributed by atoms with E-state index in [0.717, 1.165) is 25.7 Å². The van der Waals surface area contributed by atoms with E-state index in [1.165, 1.54) is 13.8 Å². The number of nitrogens with two attached hydrogens (primary N) is 4. The fourth-order valence-electron chi connectivity index (χ4n) is 7.74. The van der Waals surface area contributed by atoms with E-state index in [2.05, 4.69) is 54.8 Å². The van der Waals surface area contributed by atoms with Crippen LogP contribution in [0.3, 0.4) is 0 Å². The summed E-state index contributed by atoms with van der Waals surface area (Å²) in [6.07, 6.45) is -0.540. The number of nitrogens with one attached hydrogen (secondary N) is 9. The molecule has 0 bridgehead atoms. The first-order valence-corrected chi connectivity index (χ1v) is 24.9. The van der Waals surface area contributed by atoms with Gasteiger partial charge in [-0.15, -0.1) is 0 Å². The van der Waals surface area contributed by atoms with Crippen molar-refractivity contribution >= 4 is 53.2 Å². The number of rotatable bonds is 23. The van der Waals surface area contributed by atoms with Crippen LogP contribution in [0.15, 0.2) is 30.3 Å². The van der Waals surface area contributed by atoms with E-state index in [-0.39, 0.29) is 71.1 Å². The topological polar surface area (TPSA) is 427 Å². The van der Waals surface area contributed by atoms with Gasteiger partial charge >= 0.3 is 0 Å². The molecule has 0 aromatic heterocycles. The van der Waals surface area contributed by atoms with Gasteiger partial charge in [0.1, 0.15) is 48.3 Å². The van der Waals surface area contributed by atoms with Gasteiger partial charge in [0.05, 0.1) is 24.7 Å². The van der Waals surface area contributed by atoms with Crippen molar-refractivity contribution < 1.29 is 58.5 Å². The van der Waals surface area contributed by atoms with Gasteiger partial charge in [0.25, 0.3) is 0 Å². The van der Waals surface area contributed by atoms with E-state index in [4.69, 9.17) is 22.9 Å². The number of amides is 9. The average Bonchev–Trinajstić information content (AvgIpc) is 3.33. The number of benzene rings is 1. The Hall–Kier alpha value is -5.83. The third-order valence-electron chi connectivity index (χ3n) is 11.8. The molecule has 1 aromatic carbocycles. The highest BCUT2D eigenvalue weighted by molar-refractivity contribution is 5.98. The lowest BCUT2D eigenvalue weighted by molar-refractivity contribution is -0.137. The highest BCUT2D eigenvalue weighted by Gasteiger charge is 2.37. The molecular formula is C47H81N13O12. The number of aliphatic hydroxyl groups excluding tert-OH is 3. The van der Waals surface area contributed by atoms with Crippen molar-refractivity contribution in [3.8, 4) is 0 Å². The first-order chi connectivity index (χ1) is 34.3. The van der Waals surface area contributed by atoms with E-state index < -0.39 is 126 Å². The van der Waals surface area contributed by atoms with Crippen molar-refractivity contribution in [2.75, 3.05) is 32.7 Å². The predicted octanol–water partition coefficient (Wildman–Crippen LogP) is -5.10. The van der Waals surface area contributed by atoms with Crippen LogP contribution in [0.2, 0.25) is 0 Å². The van der Waals surface area contributed by atoms with E-state index in [1.807, 2.05) is 0 Å². The normalized spacial score (nSPS) is 24.1. The summed E-state index contributed by atoms with van der Waals surface area (Å²) in [5.74, 6) is -8.23. The third kappa shape index (κ3) is 22.3. The molecule has 1 heterocycles. The molecule has 2 rings (SSSR count). The second kappa shape index (κ2) is 33.8. The summed E-state index contributed by atoms with van der Waals surface area (Å²) in [7, 11) is 0. The molecule has 0 spiro atoms. The maximum Gasteiger partial charge on any atom is 0.245 e. The average molecular weight is 1020 g/mol. The molecule has 1 saturated heterocycles. The molecule has 1 fully saturated rings. The van der Waals surface area contributed by atoms with Crippen molar-refractivity contribution in [2.45, 2.75) is 171 Å². The summed E-state index contributed by atoms with van der Waals surface area (Å²) in [6, 6.07) is -3.56. The van der Waals surface area contributed by atoms with Crippen LogP contribution in [0.5, 0.6) is 0 Å². The van der Waals surface area contributed by atoms with Gasteiger partial charge in [-0.25, -0.2) is 0 Å². The van der Waals surface area contributed by atoms with Crippen LogP contribution in [-0.4, -0.2) is 168 Å². The highest BCUT2D eigenvalue weighted by atomic mass is 16.3. The first kappa shape index (κ1) is 62.3. The second-order valence-electron chi connectivity index (χ2n) is 18.0. The fourth-order valence-corrected chi connectivity index (χ4v) is 7.74. The predicted molar refractivity (Wildman–Crippen MR) is 265 cm³/mol. The van der Waals surface area contributed by atoms with Gasteiger partial charge < -0.3 is 86.1 Å². The van der Waals surface area contributed by atoms with Crippen LogP contribution in [-0.2, 0) is 49.6 Å². The number of carbonyl (C=O) groups excluding carboxylic acids is 9. The molecule has 20 N–H and O–H groups in total. The minimum absolute atomic E-state index is 0.0824. The molecule has 25 nitrogen and oxygen atoms in total. The van der Waals surface area contributed by atoms with Gasteiger partial charge in [0.2, 0.25) is 53.2 Å². The van der Waals surface area contributed by atoms with Crippen molar-refractivity contribution in [1.82, 2.24) is 47.9 Å². The molecule has 0 unspecified atom stereocenters. The Morgan fingerprint density at radius 2 is 1.10 bits per heavy atom. The van der Waals surface area contributed by atoms with E-state index >= 15 is 0 Å². The largest absolute Gasteiger partial charge is 0.393 e. The lowest BCUT2D eigenvalue weighted by Crippen LogP contribution is -2.62. The minimum atomic E-state index is -1.72. The Morgan fingerprint density at radius 1 is 0.611 bits per heavy atom. The Balaban J connectivity index is 2.64. The summed E-state index contributed by atoms with van der Waals surface area (Å²) in [6.45, 7) is 3.55. The van der Waals surface area contributed by atoms with Crippen LogP contribution in [0.25, 0.3) is 0 Å². The SMILES string of the molecule is CCCCCCC[C@@H](O)CC(=O)N[C@@H](CCN)C(=O)N[C@H]1CCNC(=O)[C@H]([C@@H](C)O)NC(=O)[C@H](CCN)NC(=O)[C@H](CCN)NC(=O)[C@H]([C@@H](C)O)NC(=O)[C@H](Cc2ccccc2)NC(=O)[C@H](CCN)NC1=O. The van der Waals surface area contributed by atoms with Crippen LogP contribution in [0, 0.1) is 0 Å².